The summed E-state index contributed by atoms with van der Waals surface area (Å²) in [5.41, 5.74) is 0. The number of aryl methyl sites for hydroxylation is 1. The van der Waals surface area contributed by atoms with Gasteiger partial charge in [0.2, 0.25) is 0 Å². The molecule has 20 heavy (non-hydrogen) atoms. The molecule has 2 heterocycles. The van der Waals surface area contributed by atoms with Crippen LogP contribution in [0.25, 0.3) is 10.7 Å². The maximum absolute atomic E-state index is 11.4. The zero-order valence-electron chi connectivity index (χ0n) is 11.3. The van der Waals surface area contributed by atoms with Crippen LogP contribution in [0.1, 0.15) is 37.4 Å². The van der Waals surface area contributed by atoms with Crippen LogP contribution in [0.15, 0.2) is 17.5 Å². The molecule has 106 valence electrons. The van der Waals surface area contributed by atoms with Crippen LogP contribution < -0.4 is 0 Å². The van der Waals surface area contributed by atoms with Crippen molar-refractivity contribution in [1.29, 1.82) is 0 Å². The summed E-state index contributed by atoms with van der Waals surface area (Å²) in [7, 11) is 1.85. The van der Waals surface area contributed by atoms with Crippen LogP contribution >= 0.6 is 11.3 Å². The maximum atomic E-state index is 11.4. The molecular weight excluding hydrogens is 274 g/mol. The molecule has 0 saturated heterocycles. The fourth-order valence-corrected chi connectivity index (χ4v) is 3.62. The van der Waals surface area contributed by atoms with Gasteiger partial charge in [0.05, 0.1) is 10.8 Å². The summed E-state index contributed by atoms with van der Waals surface area (Å²) in [5, 5.41) is 15.8. The molecule has 1 aliphatic rings. The number of aliphatic carboxylic acids is 1. The van der Waals surface area contributed by atoms with Gasteiger partial charge < -0.3 is 5.11 Å². The Morgan fingerprint density at radius 3 is 2.95 bits per heavy atom. The Hall–Kier alpha value is -1.69. The molecule has 0 spiro atoms. The fourth-order valence-electron chi connectivity index (χ4n) is 2.97. The van der Waals surface area contributed by atoms with Gasteiger partial charge >= 0.3 is 5.97 Å². The predicted octanol–water partition coefficient (Wildman–Crippen LogP) is 2.90. The molecule has 3 rings (SSSR count). The van der Waals surface area contributed by atoms with Crippen LogP contribution in [0.3, 0.4) is 0 Å². The Labute approximate surface area is 121 Å². The molecule has 1 N–H and O–H groups in total. The molecule has 5 nitrogen and oxygen atoms in total. The van der Waals surface area contributed by atoms with Crippen molar-refractivity contribution in [2.24, 2.45) is 13.0 Å². The summed E-state index contributed by atoms with van der Waals surface area (Å²) in [6, 6.07) is 3.95. The minimum absolute atomic E-state index is 0.0209. The number of nitrogens with zero attached hydrogens (tertiary/aromatic N) is 3. The molecule has 2 aromatic rings. The third-order valence-corrected chi connectivity index (χ3v) is 4.82. The third kappa shape index (κ3) is 2.35. The van der Waals surface area contributed by atoms with Gasteiger partial charge in [-0.2, -0.15) is 5.10 Å². The van der Waals surface area contributed by atoms with E-state index >= 15 is 0 Å². The highest BCUT2D eigenvalue weighted by molar-refractivity contribution is 7.13. The summed E-state index contributed by atoms with van der Waals surface area (Å²) >= 11 is 1.60. The highest BCUT2D eigenvalue weighted by Gasteiger charge is 2.35. The molecule has 0 amide bonds. The van der Waals surface area contributed by atoms with Gasteiger partial charge in [0.15, 0.2) is 5.82 Å². The van der Waals surface area contributed by atoms with Crippen molar-refractivity contribution in [3.63, 3.8) is 0 Å². The van der Waals surface area contributed by atoms with Gasteiger partial charge in [-0.25, -0.2) is 4.98 Å². The zero-order valence-corrected chi connectivity index (χ0v) is 12.1. The molecule has 1 aliphatic carbocycles. The summed E-state index contributed by atoms with van der Waals surface area (Å²) in [4.78, 5) is 17.1. The normalized spacial score (nSPS) is 22.9. The van der Waals surface area contributed by atoms with Gasteiger partial charge in [0.25, 0.3) is 0 Å². The van der Waals surface area contributed by atoms with Crippen LogP contribution in [0.4, 0.5) is 0 Å². The Bertz CT molecular complexity index is 606. The van der Waals surface area contributed by atoms with Gasteiger partial charge in [0.1, 0.15) is 5.82 Å². The number of aromatic nitrogens is 3. The van der Waals surface area contributed by atoms with E-state index in [0.29, 0.717) is 5.82 Å². The maximum Gasteiger partial charge on any atom is 0.307 e. The molecule has 0 bridgehead atoms. The quantitative estimate of drug-likeness (QED) is 0.944. The standard InChI is InChI=1S/C14H17N3O2S/c1-17-13(9-5-2-3-6-10(9)14(18)19)15-12(16-17)11-7-4-8-20-11/h4,7-10H,2-3,5-6H2,1H3,(H,18,19). The van der Waals surface area contributed by atoms with E-state index in [2.05, 4.69) is 10.1 Å². The Balaban J connectivity index is 1.95. The summed E-state index contributed by atoms with van der Waals surface area (Å²) < 4.78 is 1.75. The van der Waals surface area contributed by atoms with Crippen molar-refractivity contribution in [2.75, 3.05) is 0 Å². The fraction of sp³-hybridized carbons (Fsp3) is 0.500. The van der Waals surface area contributed by atoms with Crippen molar-refractivity contribution in [2.45, 2.75) is 31.6 Å². The molecule has 2 aromatic heterocycles. The number of thiophene rings is 1. The second kappa shape index (κ2) is 5.36. The van der Waals surface area contributed by atoms with Crippen molar-refractivity contribution in [1.82, 2.24) is 14.8 Å². The number of hydrogen-bond acceptors (Lipinski definition) is 4. The van der Waals surface area contributed by atoms with E-state index < -0.39 is 5.97 Å². The van der Waals surface area contributed by atoms with E-state index in [-0.39, 0.29) is 11.8 Å². The highest BCUT2D eigenvalue weighted by atomic mass is 32.1. The van der Waals surface area contributed by atoms with Crippen molar-refractivity contribution >= 4 is 17.3 Å². The minimum atomic E-state index is -0.713. The predicted molar refractivity (Wildman–Crippen MR) is 76.7 cm³/mol. The van der Waals surface area contributed by atoms with Gasteiger partial charge in [-0.3, -0.25) is 9.48 Å². The SMILES string of the molecule is Cn1nc(-c2cccs2)nc1C1CCCCC1C(=O)O. The third-order valence-electron chi connectivity index (χ3n) is 3.95. The molecule has 2 unspecified atom stereocenters. The van der Waals surface area contributed by atoms with E-state index in [1.807, 2.05) is 24.6 Å². The Morgan fingerprint density at radius 1 is 1.45 bits per heavy atom. The second-order valence-electron chi connectivity index (χ2n) is 5.23. The topological polar surface area (TPSA) is 68.0 Å². The lowest BCUT2D eigenvalue weighted by Crippen LogP contribution is -2.27. The Kier molecular flexibility index (Phi) is 3.56. The van der Waals surface area contributed by atoms with Crippen molar-refractivity contribution < 1.29 is 9.90 Å². The smallest absolute Gasteiger partial charge is 0.307 e. The van der Waals surface area contributed by atoms with Crippen LogP contribution in [0.5, 0.6) is 0 Å². The van der Waals surface area contributed by atoms with Gasteiger partial charge in [-0.1, -0.05) is 18.9 Å². The first-order valence-corrected chi connectivity index (χ1v) is 7.72. The number of carbonyl (C=O) groups is 1. The molecule has 1 saturated carbocycles. The van der Waals surface area contributed by atoms with E-state index in [4.69, 9.17) is 0 Å². The zero-order chi connectivity index (χ0) is 14.1. The first-order valence-electron chi connectivity index (χ1n) is 6.84. The number of hydrogen-bond donors (Lipinski definition) is 1. The molecule has 1 fully saturated rings. The lowest BCUT2D eigenvalue weighted by molar-refractivity contribution is -0.143. The average Bonchev–Trinajstić information content (AvgIpc) is 3.07. The van der Waals surface area contributed by atoms with Crippen LogP contribution in [0.2, 0.25) is 0 Å². The average molecular weight is 291 g/mol. The number of rotatable bonds is 3. The molecule has 0 radical (unpaired) electrons. The largest absolute Gasteiger partial charge is 0.481 e. The van der Waals surface area contributed by atoms with Crippen LogP contribution in [-0.2, 0) is 11.8 Å². The van der Waals surface area contributed by atoms with E-state index in [1.54, 1.807) is 16.0 Å². The van der Waals surface area contributed by atoms with E-state index in [9.17, 15) is 9.90 Å². The van der Waals surface area contributed by atoms with Crippen molar-refractivity contribution in [3.8, 4) is 10.7 Å². The van der Waals surface area contributed by atoms with Gasteiger partial charge in [-0.15, -0.1) is 11.3 Å². The lowest BCUT2D eigenvalue weighted by atomic mass is 9.79. The first kappa shape index (κ1) is 13.3. The van der Waals surface area contributed by atoms with Crippen molar-refractivity contribution in [3.05, 3.63) is 23.3 Å². The summed E-state index contributed by atoms with van der Waals surface area (Å²) in [6.45, 7) is 0. The van der Waals surface area contributed by atoms with Crippen LogP contribution in [0, 0.1) is 5.92 Å². The minimum Gasteiger partial charge on any atom is -0.481 e. The molecule has 0 aliphatic heterocycles. The summed E-state index contributed by atoms with van der Waals surface area (Å²) in [6.07, 6.45) is 3.67. The monoisotopic (exact) mass is 291 g/mol. The number of carboxylic acids is 1. The second-order valence-corrected chi connectivity index (χ2v) is 6.18. The Morgan fingerprint density at radius 2 is 2.25 bits per heavy atom. The molecular formula is C14H17N3O2S. The van der Waals surface area contributed by atoms with E-state index in [1.165, 1.54) is 0 Å². The molecule has 6 heteroatoms. The van der Waals surface area contributed by atoms with Crippen LogP contribution in [-0.4, -0.2) is 25.8 Å². The highest BCUT2D eigenvalue weighted by Crippen LogP contribution is 2.37. The van der Waals surface area contributed by atoms with E-state index in [0.717, 1.165) is 36.4 Å². The van der Waals surface area contributed by atoms with Gasteiger partial charge in [0, 0.05) is 13.0 Å². The number of carboxylic acid groups (broad SMARTS) is 1. The summed E-state index contributed by atoms with van der Waals surface area (Å²) in [5.74, 6) is 0.443. The first-order chi connectivity index (χ1) is 9.66. The molecule has 0 aromatic carbocycles. The molecule has 2 atom stereocenters. The van der Waals surface area contributed by atoms with Gasteiger partial charge in [-0.05, 0) is 24.3 Å². The lowest BCUT2D eigenvalue weighted by Gasteiger charge is -2.27.